The molecule has 0 amide bonds. The smallest absolute Gasteiger partial charge is 0.211 e. The van der Waals surface area contributed by atoms with E-state index in [1.165, 1.54) is 6.26 Å². The van der Waals surface area contributed by atoms with Gasteiger partial charge >= 0.3 is 0 Å². The topological polar surface area (TPSA) is 63.0 Å². The molecule has 21 heavy (non-hydrogen) atoms. The Morgan fingerprint density at radius 3 is 2.86 bits per heavy atom. The molecule has 6 nitrogen and oxygen atoms in total. The third kappa shape index (κ3) is 3.01. The Hall–Kier alpha value is -0.890. The number of piperidine rings is 1. The highest BCUT2D eigenvalue weighted by atomic mass is 32.2. The summed E-state index contributed by atoms with van der Waals surface area (Å²) in [5, 5.41) is 0. The van der Waals surface area contributed by atoms with E-state index in [0.29, 0.717) is 13.1 Å². The summed E-state index contributed by atoms with van der Waals surface area (Å²) in [5.41, 5.74) is 0. The summed E-state index contributed by atoms with van der Waals surface area (Å²) in [6.45, 7) is 2.84. The summed E-state index contributed by atoms with van der Waals surface area (Å²) >= 11 is 0. The fraction of sp³-hybridized carbons (Fsp3) is 0.714. The molecule has 1 aromatic rings. The average Bonchev–Trinajstić information content (AvgIpc) is 3.05. The predicted molar refractivity (Wildman–Crippen MR) is 78.2 cm³/mol. The van der Waals surface area contributed by atoms with Crippen molar-refractivity contribution < 1.29 is 17.6 Å². The number of methoxy groups -OCH3 is 1. The SMILES string of the molecule is CO[C@H]1CCN(S(C)(=O)=O)[C@@H]2CN(Cc3ccco3)C[C@H]12. The van der Waals surface area contributed by atoms with Crippen LogP contribution in [0.4, 0.5) is 0 Å². The number of likely N-dealkylation sites (tertiary alicyclic amines) is 1. The second-order valence-corrected chi connectivity index (χ2v) is 7.88. The van der Waals surface area contributed by atoms with Crippen LogP contribution in [0.3, 0.4) is 0 Å². The minimum absolute atomic E-state index is 0.00802. The first-order valence-electron chi connectivity index (χ1n) is 7.23. The van der Waals surface area contributed by atoms with E-state index in [-0.39, 0.29) is 18.1 Å². The fourth-order valence-corrected chi connectivity index (χ4v) is 4.81. The second kappa shape index (κ2) is 5.72. The van der Waals surface area contributed by atoms with Crippen molar-refractivity contribution in [2.45, 2.75) is 25.1 Å². The lowest BCUT2D eigenvalue weighted by Crippen LogP contribution is -2.53. The maximum absolute atomic E-state index is 12.0. The lowest BCUT2D eigenvalue weighted by molar-refractivity contribution is 0.00240. The minimum Gasteiger partial charge on any atom is -0.468 e. The number of ether oxygens (including phenoxy) is 1. The van der Waals surface area contributed by atoms with Gasteiger partial charge in [0.05, 0.1) is 25.2 Å². The van der Waals surface area contributed by atoms with Gasteiger partial charge in [0.15, 0.2) is 0 Å². The number of fused-ring (bicyclic) bond motifs is 1. The van der Waals surface area contributed by atoms with E-state index in [0.717, 1.165) is 25.3 Å². The molecule has 2 saturated heterocycles. The molecule has 2 fully saturated rings. The summed E-state index contributed by atoms with van der Waals surface area (Å²) in [4.78, 5) is 2.25. The standard InChI is InChI=1S/C14H22N2O4S/c1-19-14-5-6-16(21(2,17)18)13-10-15(9-12(13)14)8-11-4-3-7-20-11/h3-4,7,12-14H,5-6,8-10H2,1-2H3/t12-,13+,14-/m0/s1. The van der Waals surface area contributed by atoms with Crippen LogP contribution in [0.5, 0.6) is 0 Å². The van der Waals surface area contributed by atoms with E-state index >= 15 is 0 Å². The zero-order valence-corrected chi connectivity index (χ0v) is 13.3. The zero-order chi connectivity index (χ0) is 15.0. The lowest BCUT2D eigenvalue weighted by Gasteiger charge is -2.39. The Bertz CT molecular complexity index is 572. The molecular formula is C14H22N2O4S. The van der Waals surface area contributed by atoms with Gasteiger partial charge in [0.2, 0.25) is 10.0 Å². The molecule has 3 heterocycles. The molecule has 7 heteroatoms. The minimum atomic E-state index is -3.17. The van der Waals surface area contributed by atoms with E-state index < -0.39 is 10.0 Å². The number of furan rings is 1. The van der Waals surface area contributed by atoms with Crippen LogP contribution < -0.4 is 0 Å². The van der Waals surface area contributed by atoms with Crippen molar-refractivity contribution in [3.8, 4) is 0 Å². The Kier molecular flexibility index (Phi) is 4.09. The van der Waals surface area contributed by atoms with Crippen LogP contribution in [-0.2, 0) is 21.3 Å². The molecule has 2 aliphatic rings. The van der Waals surface area contributed by atoms with Gasteiger partial charge in [0.1, 0.15) is 5.76 Å². The van der Waals surface area contributed by atoms with Crippen LogP contribution >= 0.6 is 0 Å². The highest BCUT2D eigenvalue weighted by Crippen LogP contribution is 2.34. The van der Waals surface area contributed by atoms with Gasteiger partial charge in [-0.05, 0) is 18.6 Å². The van der Waals surface area contributed by atoms with E-state index in [1.54, 1.807) is 17.7 Å². The predicted octanol–water partition coefficient (Wildman–Crippen LogP) is 0.760. The molecule has 0 spiro atoms. The molecule has 3 rings (SSSR count). The van der Waals surface area contributed by atoms with Gasteiger partial charge in [-0.25, -0.2) is 8.42 Å². The molecule has 2 aliphatic heterocycles. The Balaban J connectivity index is 1.77. The van der Waals surface area contributed by atoms with Gasteiger partial charge in [-0.15, -0.1) is 0 Å². The van der Waals surface area contributed by atoms with E-state index in [9.17, 15) is 8.42 Å². The largest absolute Gasteiger partial charge is 0.468 e. The van der Waals surface area contributed by atoms with Crippen molar-refractivity contribution >= 4 is 10.0 Å². The molecular weight excluding hydrogens is 292 g/mol. The summed E-state index contributed by atoms with van der Waals surface area (Å²) in [6, 6.07) is 3.83. The summed E-state index contributed by atoms with van der Waals surface area (Å²) in [7, 11) is -1.45. The van der Waals surface area contributed by atoms with Crippen molar-refractivity contribution in [2.75, 3.05) is 33.0 Å². The van der Waals surface area contributed by atoms with Crippen LogP contribution in [-0.4, -0.2) is 62.8 Å². The number of hydrogen-bond acceptors (Lipinski definition) is 5. The first-order valence-corrected chi connectivity index (χ1v) is 9.08. The maximum Gasteiger partial charge on any atom is 0.211 e. The quantitative estimate of drug-likeness (QED) is 0.821. The van der Waals surface area contributed by atoms with E-state index in [2.05, 4.69) is 4.90 Å². The Morgan fingerprint density at radius 1 is 1.43 bits per heavy atom. The molecule has 0 unspecified atom stereocenters. The monoisotopic (exact) mass is 314 g/mol. The number of nitrogens with zero attached hydrogens (tertiary/aromatic N) is 2. The van der Waals surface area contributed by atoms with E-state index in [4.69, 9.17) is 9.15 Å². The third-order valence-electron chi connectivity index (χ3n) is 4.58. The van der Waals surface area contributed by atoms with Crippen molar-refractivity contribution in [3.63, 3.8) is 0 Å². The molecule has 118 valence electrons. The first-order chi connectivity index (χ1) is 9.99. The first kappa shape index (κ1) is 15.0. The summed E-state index contributed by atoms with van der Waals surface area (Å²) in [5.74, 6) is 1.14. The molecule has 0 aliphatic carbocycles. The van der Waals surface area contributed by atoms with E-state index in [1.807, 2.05) is 12.1 Å². The van der Waals surface area contributed by atoms with Crippen LogP contribution in [0.1, 0.15) is 12.2 Å². The second-order valence-electron chi connectivity index (χ2n) is 5.94. The van der Waals surface area contributed by atoms with Crippen LogP contribution in [0.25, 0.3) is 0 Å². The van der Waals surface area contributed by atoms with Crippen molar-refractivity contribution in [2.24, 2.45) is 5.92 Å². The van der Waals surface area contributed by atoms with Gasteiger partial charge < -0.3 is 9.15 Å². The molecule has 1 aromatic heterocycles. The van der Waals surface area contributed by atoms with Crippen molar-refractivity contribution in [1.82, 2.24) is 9.21 Å². The van der Waals surface area contributed by atoms with Gasteiger partial charge in [-0.1, -0.05) is 0 Å². The summed E-state index contributed by atoms with van der Waals surface area (Å²) < 4.78 is 36.6. The van der Waals surface area contributed by atoms with Gasteiger partial charge in [0, 0.05) is 38.7 Å². The maximum atomic E-state index is 12.0. The molecule has 0 bridgehead atoms. The molecule has 0 radical (unpaired) electrons. The van der Waals surface area contributed by atoms with Crippen LogP contribution in [0, 0.1) is 5.92 Å². The van der Waals surface area contributed by atoms with Gasteiger partial charge in [-0.2, -0.15) is 4.31 Å². The fourth-order valence-electron chi connectivity index (χ4n) is 3.66. The van der Waals surface area contributed by atoms with Gasteiger partial charge in [0.25, 0.3) is 0 Å². The average molecular weight is 314 g/mol. The highest BCUT2D eigenvalue weighted by molar-refractivity contribution is 7.88. The van der Waals surface area contributed by atoms with Crippen LogP contribution in [0.2, 0.25) is 0 Å². The zero-order valence-electron chi connectivity index (χ0n) is 12.4. The highest BCUT2D eigenvalue weighted by Gasteiger charge is 2.47. The van der Waals surface area contributed by atoms with Crippen LogP contribution in [0.15, 0.2) is 22.8 Å². The van der Waals surface area contributed by atoms with Crippen molar-refractivity contribution in [1.29, 1.82) is 0 Å². The molecule has 0 aromatic carbocycles. The normalized spacial score (nSPS) is 31.4. The Morgan fingerprint density at radius 2 is 2.24 bits per heavy atom. The molecule has 3 atom stereocenters. The van der Waals surface area contributed by atoms with Crippen molar-refractivity contribution in [3.05, 3.63) is 24.2 Å². The third-order valence-corrected chi connectivity index (χ3v) is 5.88. The number of rotatable bonds is 4. The lowest BCUT2D eigenvalue weighted by atomic mass is 9.91. The number of hydrogen-bond donors (Lipinski definition) is 0. The summed E-state index contributed by atoms with van der Waals surface area (Å²) in [6.07, 6.45) is 3.86. The van der Waals surface area contributed by atoms with Gasteiger partial charge in [-0.3, -0.25) is 4.90 Å². The Labute approximate surface area is 125 Å². The molecule has 0 saturated carbocycles. The molecule has 0 N–H and O–H groups in total. The number of sulfonamides is 1.